The third-order valence-electron chi connectivity index (χ3n) is 2.28. The van der Waals surface area contributed by atoms with Crippen LogP contribution in [0.1, 0.15) is 23.2 Å². The van der Waals surface area contributed by atoms with E-state index in [1.165, 1.54) is 19.2 Å². The molecule has 0 fully saturated rings. The highest BCUT2D eigenvalue weighted by Crippen LogP contribution is 2.17. The Labute approximate surface area is 99.4 Å². The summed E-state index contributed by atoms with van der Waals surface area (Å²) in [6, 6.07) is 4.06. The lowest BCUT2D eigenvalue weighted by atomic mass is 10.2. The zero-order valence-electron chi connectivity index (χ0n) is 9.70. The van der Waals surface area contributed by atoms with E-state index in [1.807, 2.05) is 0 Å². The maximum atomic E-state index is 13.3. The Morgan fingerprint density at radius 1 is 1.47 bits per heavy atom. The average Bonchev–Trinajstić information content (AvgIpc) is 2.34. The van der Waals surface area contributed by atoms with E-state index in [1.54, 1.807) is 0 Å². The maximum Gasteiger partial charge on any atom is 0.251 e. The highest BCUT2D eigenvalue weighted by molar-refractivity contribution is 5.94. The molecule has 0 unspecified atom stereocenters. The molecule has 94 valence electrons. The van der Waals surface area contributed by atoms with Gasteiger partial charge in [0.05, 0.1) is 7.11 Å². The minimum absolute atomic E-state index is 0.104. The van der Waals surface area contributed by atoms with Gasteiger partial charge in [0.1, 0.15) is 0 Å². The van der Waals surface area contributed by atoms with Gasteiger partial charge in [-0.15, -0.1) is 0 Å². The second-order valence-electron chi connectivity index (χ2n) is 3.54. The summed E-state index contributed by atoms with van der Waals surface area (Å²) in [5, 5.41) is 11.2. The molecule has 0 saturated carbocycles. The number of hydrogen-bond acceptors (Lipinski definition) is 3. The van der Waals surface area contributed by atoms with Gasteiger partial charge in [0, 0.05) is 18.7 Å². The highest BCUT2D eigenvalue weighted by Gasteiger charge is 2.09. The second-order valence-corrected chi connectivity index (χ2v) is 3.54. The Hall–Kier alpha value is -1.62. The molecule has 17 heavy (non-hydrogen) atoms. The minimum atomic E-state index is -0.560. The Morgan fingerprint density at radius 3 is 2.82 bits per heavy atom. The number of methoxy groups -OCH3 is 1. The maximum absolute atomic E-state index is 13.3. The number of benzene rings is 1. The van der Waals surface area contributed by atoms with Gasteiger partial charge < -0.3 is 15.2 Å². The zero-order valence-corrected chi connectivity index (χ0v) is 9.70. The Balaban J connectivity index is 2.54. The van der Waals surface area contributed by atoms with E-state index in [9.17, 15) is 9.18 Å². The summed E-state index contributed by atoms with van der Waals surface area (Å²) in [6.45, 7) is 0.570. The van der Waals surface area contributed by atoms with E-state index in [4.69, 9.17) is 9.84 Å². The fourth-order valence-electron chi connectivity index (χ4n) is 1.35. The first-order valence-electron chi connectivity index (χ1n) is 5.41. The van der Waals surface area contributed by atoms with Crippen LogP contribution in [-0.4, -0.2) is 31.3 Å². The number of aliphatic hydroxyl groups is 1. The molecule has 0 heterocycles. The molecular formula is C12H16FNO3. The van der Waals surface area contributed by atoms with Crippen LogP contribution in [0.4, 0.5) is 4.39 Å². The number of hydrogen-bond donors (Lipinski definition) is 2. The summed E-state index contributed by atoms with van der Waals surface area (Å²) in [4.78, 5) is 11.6. The van der Waals surface area contributed by atoms with Gasteiger partial charge in [-0.05, 0) is 31.0 Å². The van der Waals surface area contributed by atoms with Crippen molar-refractivity contribution in [1.29, 1.82) is 0 Å². The van der Waals surface area contributed by atoms with Gasteiger partial charge in [-0.1, -0.05) is 0 Å². The predicted molar refractivity (Wildman–Crippen MR) is 61.6 cm³/mol. The first kappa shape index (κ1) is 13.4. The molecule has 0 saturated heterocycles. The Bertz CT molecular complexity index is 382. The molecule has 0 atom stereocenters. The normalized spacial score (nSPS) is 10.1. The molecule has 0 bridgehead atoms. The molecule has 0 spiro atoms. The number of carbonyl (C=O) groups excluding carboxylic acids is 1. The summed E-state index contributed by atoms with van der Waals surface area (Å²) in [5.74, 6) is -0.776. The summed E-state index contributed by atoms with van der Waals surface area (Å²) in [7, 11) is 1.37. The zero-order chi connectivity index (χ0) is 12.7. The topological polar surface area (TPSA) is 58.6 Å². The lowest BCUT2D eigenvalue weighted by Gasteiger charge is -2.06. The van der Waals surface area contributed by atoms with Crippen molar-refractivity contribution in [3.63, 3.8) is 0 Å². The summed E-state index contributed by atoms with van der Waals surface area (Å²) in [5.41, 5.74) is 0.257. The Morgan fingerprint density at radius 2 is 2.24 bits per heavy atom. The van der Waals surface area contributed by atoms with Crippen molar-refractivity contribution in [3.8, 4) is 5.75 Å². The molecule has 0 aliphatic heterocycles. The number of halogens is 1. The first-order valence-corrected chi connectivity index (χ1v) is 5.41. The molecule has 0 radical (unpaired) electrons. The monoisotopic (exact) mass is 241 g/mol. The molecule has 4 nitrogen and oxygen atoms in total. The quantitative estimate of drug-likeness (QED) is 0.739. The van der Waals surface area contributed by atoms with Gasteiger partial charge in [0.15, 0.2) is 11.6 Å². The summed E-state index contributed by atoms with van der Waals surface area (Å²) < 4.78 is 18.1. The number of nitrogens with one attached hydrogen (secondary N) is 1. The second kappa shape index (κ2) is 6.85. The third-order valence-corrected chi connectivity index (χ3v) is 2.28. The number of unbranched alkanes of at least 4 members (excludes halogenated alkanes) is 1. The van der Waals surface area contributed by atoms with Crippen molar-refractivity contribution in [3.05, 3.63) is 29.6 Å². The van der Waals surface area contributed by atoms with Crippen molar-refractivity contribution < 1.29 is 19.0 Å². The van der Waals surface area contributed by atoms with Crippen LogP contribution in [0.2, 0.25) is 0 Å². The Kier molecular flexibility index (Phi) is 5.42. The number of amides is 1. The van der Waals surface area contributed by atoms with E-state index in [-0.39, 0.29) is 23.8 Å². The minimum Gasteiger partial charge on any atom is -0.494 e. The number of aliphatic hydroxyl groups excluding tert-OH is 1. The fraction of sp³-hybridized carbons (Fsp3) is 0.417. The molecule has 0 aliphatic rings. The van der Waals surface area contributed by atoms with Crippen molar-refractivity contribution in [2.45, 2.75) is 12.8 Å². The lowest BCUT2D eigenvalue weighted by Crippen LogP contribution is -2.24. The van der Waals surface area contributed by atoms with E-state index in [2.05, 4.69) is 5.32 Å². The van der Waals surface area contributed by atoms with Crippen molar-refractivity contribution >= 4 is 5.91 Å². The van der Waals surface area contributed by atoms with Crippen molar-refractivity contribution in [2.24, 2.45) is 0 Å². The van der Waals surface area contributed by atoms with Crippen molar-refractivity contribution in [2.75, 3.05) is 20.3 Å². The van der Waals surface area contributed by atoms with Gasteiger partial charge in [-0.25, -0.2) is 4.39 Å². The molecule has 1 rings (SSSR count). The van der Waals surface area contributed by atoms with E-state index in [0.717, 1.165) is 6.07 Å². The first-order chi connectivity index (χ1) is 8.19. The number of rotatable bonds is 6. The van der Waals surface area contributed by atoms with Crippen LogP contribution in [0.25, 0.3) is 0 Å². The molecule has 2 N–H and O–H groups in total. The van der Waals surface area contributed by atoms with Gasteiger partial charge >= 0.3 is 0 Å². The molecule has 0 aromatic heterocycles. The fourth-order valence-corrected chi connectivity index (χ4v) is 1.35. The number of carbonyl (C=O) groups is 1. The molecular weight excluding hydrogens is 225 g/mol. The average molecular weight is 241 g/mol. The molecule has 1 amide bonds. The van der Waals surface area contributed by atoms with E-state index >= 15 is 0 Å². The van der Waals surface area contributed by atoms with Crippen LogP contribution in [0.15, 0.2) is 18.2 Å². The van der Waals surface area contributed by atoms with Crippen LogP contribution >= 0.6 is 0 Å². The third kappa shape index (κ3) is 4.03. The van der Waals surface area contributed by atoms with Gasteiger partial charge in [-0.2, -0.15) is 0 Å². The SMILES string of the molecule is COc1ccc(C(=O)NCCCCO)cc1F. The van der Waals surface area contributed by atoms with E-state index in [0.29, 0.717) is 19.4 Å². The molecule has 5 heteroatoms. The largest absolute Gasteiger partial charge is 0.494 e. The molecule has 1 aromatic carbocycles. The highest BCUT2D eigenvalue weighted by atomic mass is 19.1. The van der Waals surface area contributed by atoms with Gasteiger partial charge in [0.25, 0.3) is 5.91 Å². The van der Waals surface area contributed by atoms with Crippen LogP contribution in [0, 0.1) is 5.82 Å². The van der Waals surface area contributed by atoms with Crippen molar-refractivity contribution in [1.82, 2.24) is 5.32 Å². The smallest absolute Gasteiger partial charge is 0.251 e. The summed E-state index contributed by atoms with van der Waals surface area (Å²) in [6.07, 6.45) is 1.33. The van der Waals surface area contributed by atoms with Gasteiger partial charge in [0.2, 0.25) is 0 Å². The van der Waals surface area contributed by atoms with Crippen LogP contribution in [0.5, 0.6) is 5.75 Å². The number of ether oxygens (including phenoxy) is 1. The van der Waals surface area contributed by atoms with Gasteiger partial charge in [-0.3, -0.25) is 4.79 Å². The van der Waals surface area contributed by atoms with Crippen LogP contribution < -0.4 is 10.1 Å². The lowest BCUT2D eigenvalue weighted by molar-refractivity contribution is 0.0951. The van der Waals surface area contributed by atoms with E-state index < -0.39 is 5.82 Å². The molecule has 0 aliphatic carbocycles. The standard InChI is InChI=1S/C12H16FNO3/c1-17-11-5-4-9(8-10(11)13)12(16)14-6-2-3-7-15/h4-5,8,15H,2-3,6-7H2,1H3,(H,14,16). The van der Waals surface area contributed by atoms with Crippen LogP contribution in [0.3, 0.4) is 0 Å². The van der Waals surface area contributed by atoms with Crippen LogP contribution in [-0.2, 0) is 0 Å². The molecule has 1 aromatic rings. The predicted octanol–water partition coefficient (Wildman–Crippen LogP) is 1.34. The summed E-state index contributed by atoms with van der Waals surface area (Å²) >= 11 is 0.